The Morgan fingerprint density at radius 3 is 2.71 bits per heavy atom. The molecular weight excluding hydrogens is 218 g/mol. The Bertz CT molecular complexity index is 341. The van der Waals surface area contributed by atoms with Crippen molar-refractivity contribution >= 4 is 5.91 Å². The number of carbonyl (C=O) groups excluding carboxylic acids is 1. The lowest BCUT2D eigenvalue weighted by atomic mass is 9.88. The van der Waals surface area contributed by atoms with E-state index in [2.05, 4.69) is 31.2 Å². The molecule has 1 aromatic rings. The molecule has 1 atom stereocenters. The van der Waals surface area contributed by atoms with Crippen molar-refractivity contribution in [3.8, 4) is 0 Å². The van der Waals surface area contributed by atoms with Crippen molar-refractivity contribution < 1.29 is 9.90 Å². The SMILES string of the molecule is CC(C)(C)CC(CO)NC(=O)Cn1cccn1. The predicted molar refractivity (Wildman–Crippen MR) is 65.3 cm³/mol. The molecule has 1 unspecified atom stereocenters. The van der Waals surface area contributed by atoms with Crippen molar-refractivity contribution in [2.45, 2.75) is 39.8 Å². The highest BCUT2D eigenvalue weighted by atomic mass is 16.3. The van der Waals surface area contributed by atoms with Crippen molar-refractivity contribution in [3.05, 3.63) is 18.5 Å². The molecule has 1 rings (SSSR count). The van der Waals surface area contributed by atoms with Crippen LogP contribution in [0.25, 0.3) is 0 Å². The van der Waals surface area contributed by atoms with Crippen LogP contribution in [0.4, 0.5) is 0 Å². The number of aliphatic hydroxyl groups excluding tert-OH is 1. The lowest BCUT2D eigenvalue weighted by molar-refractivity contribution is -0.123. The van der Waals surface area contributed by atoms with Crippen molar-refractivity contribution in [2.75, 3.05) is 6.61 Å². The van der Waals surface area contributed by atoms with Crippen LogP contribution in [-0.2, 0) is 11.3 Å². The van der Waals surface area contributed by atoms with Gasteiger partial charge in [-0.25, -0.2) is 0 Å². The van der Waals surface area contributed by atoms with E-state index in [0.717, 1.165) is 6.42 Å². The number of aliphatic hydroxyl groups is 1. The molecule has 2 N–H and O–H groups in total. The normalized spacial score (nSPS) is 13.4. The third kappa shape index (κ3) is 5.49. The van der Waals surface area contributed by atoms with Gasteiger partial charge in [-0.3, -0.25) is 9.48 Å². The lowest BCUT2D eigenvalue weighted by Gasteiger charge is -2.25. The van der Waals surface area contributed by atoms with Crippen molar-refractivity contribution in [1.82, 2.24) is 15.1 Å². The average Bonchev–Trinajstić information content (AvgIpc) is 2.67. The molecule has 1 heterocycles. The standard InChI is InChI=1S/C12H21N3O2/c1-12(2,3)7-10(9-16)14-11(17)8-15-6-4-5-13-15/h4-6,10,16H,7-9H2,1-3H3,(H,14,17). The van der Waals surface area contributed by atoms with E-state index in [1.165, 1.54) is 0 Å². The minimum atomic E-state index is -0.196. The van der Waals surface area contributed by atoms with Gasteiger partial charge in [0, 0.05) is 12.4 Å². The summed E-state index contributed by atoms with van der Waals surface area (Å²) in [6, 6.07) is 1.57. The molecule has 0 saturated carbocycles. The summed E-state index contributed by atoms with van der Waals surface area (Å²) in [6.07, 6.45) is 4.11. The molecular formula is C12H21N3O2. The monoisotopic (exact) mass is 239 g/mol. The molecule has 5 nitrogen and oxygen atoms in total. The van der Waals surface area contributed by atoms with Crippen LogP contribution in [0.5, 0.6) is 0 Å². The average molecular weight is 239 g/mol. The predicted octanol–water partition coefficient (Wildman–Crippen LogP) is 0.796. The zero-order valence-corrected chi connectivity index (χ0v) is 10.7. The molecule has 1 amide bonds. The minimum absolute atomic E-state index is 0.0396. The second kappa shape index (κ2) is 5.82. The van der Waals surface area contributed by atoms with Gasteiger partial charge in [0.15, 0.2) is 0 Å². The first-order valence-electron chi connectivity index (χ1n) is 5.78. The van der Waals surface area contributed by atoms with Crippen LogP contribution in [0, 0.1) is 5.41 Å². The van der Waals surface area contributed by atoms with Crippen molar-refractivity contribution in [2.24, 2.45) is 5.41 Å². The zero-order chi connectivity index (χ0) is 12.9. The van der Waals surface area contributed by atoms with Crippen LogP contribution in [0.15, 0.2) is 18.5 Å². The van der Waals surface area contributed by atoms with Crippen LogP contribution < -0.4 is 5.32 Å². The van der Waals surface area contributed by atoms with Crippen LogP contribution >= 0.6 is 0 Å². The Morgan fingerprint density at radius 2 is 2.24 bits per heavy atom. The molecule has 0 aliphatic rings. The van der Waals surface area contributed by atoms with Gasteiger partial charge in [-0.2, -0.15) is 5.10 Å². The Hall–Kier alpha value is -1.36. The summed E-state index contributed by atoms with van der Waals surface area (Å²) in [5.41, 5.74) is 0.0758. The Morgan fingerprint density at radius 1 is 1.53 bits per heavy atom. The fourth-order valence-electron chi connectivity index (χ4n) is 1.71. The van der Waals surface area contributed by atoms with Gasteiger partial charge in [0.05, 0.1) is 12.6 Å². The Kier molecular flexibility index (Phi) is 4.69. The second-order valence-electron chi connectivity index (χ2n) is 5.42. The van der Waals surface area contributed by atoms with E-state index >= 15 is 0 Å². The topological polar surface area (TPSA) is 67.2 Å². The molecule has 17 heavy (non-hydrogen) atoms. The van der Waals surface area contributed by atoms with Gasteiger partial charge < -0.3 is 10.4 Å². The van der Waals surface area contributed by atoms with Crippen LogP contribution in [0.2, 0.25) is 0 Å². The van der Waals surface area contributed by atoms with Gasteiger partial charge in [-0.05, 0) is 17.9 Å². The summed E-state index contributed by atoms with van der Waals surface area (Å²) < 4.78 is 1.56. The Balaban J connectivity index is 2.43. The summed E-state index contributed by atoms with van der Waals surface area (Å²) in [4.78, 5) is 11.7. The molecule has 0 fully saturated rings. The van der Waals surface area contributed by atoms with Gasteiger partial charge in [0.1, 0.15) is 6.54 Å². The first-order chi connectivity index (χ1) is 7.90. The number of rotatable bonds is 5. The lowest BCUT2D eigenvalue weighted by Crippen LogP contribution is -2.41. The second-order valence-corrected chi connectivity index (χ2v) is 5.42. The first-order valence-corrected chi connectivity index (χ1v) is 5.78. The maximum absolute atomic E-state index is 11.7. The van der Waals surface area contributed by atoms with Gasteiger partial charge >= 0.3 is 0 Å². The van der Waals surface area contributed by atoms with E-state index < -0.39 is 0 Å². The smallest absolute Gasteiger partial charge is 0.242 e. The third-order valence-electron chi connectivity index (χ3n) is 2.31. The number of hydrogen-bond acceptors (Lipinski definition) is 3. The molecule has 1 aromatic heterocycles. The minimum Gasteiger partial charge on any atom is -0.394 e. The van der Waals surface area contributed by atoms with Crippen molar-refractivity contribution in [3.63, 3.8) is 0 Å². The molecule has 5 heteroatoms. The number of hydrogen-bond donors (Lipinski definition) is 2. The maximum Gasteiger partial charge on any atom is 0.242 e. The van der Waals surface area contributed by atoms with Crippen LogP contribution in [-0.4, -0.2) is 33.4 Å². The van der Waals surface area contributed by atoms with Gasteiger partial charge in [0.2, 0.25) is 5.91 Å². The molecule has 0 aliphatic heterocycles. The largest absolute Gasteiger partial charge is 0.394 e. The quantitative estimate of drug-likeness (QED) is 0.798. The molecule has 0 aromatic carbocycles. The summed E-state index contributed by atoms with van der Waals surface area (Å²) in [7, 11) is 0. The number of amides is 1. The molecule has 0 aliphatic carbocycles. The number of nitrogens with zero attached hydrogens (tertiary/aromatic N) is 2. The van der Waals surface area contributed by atoms with E-state index in [-0.39, 0.29) is 30.5 Å². The molecule has 0 radical (unpaired) electrons. The molecule has 0 bridgehead atoms. The maximum atomic E-state index is 11.7. The summed E-state index contributed by atoms with van der Waals surface area (Å²) in [5.74, 6) is -0.128. The highest BCUT2D eigenvalue weighted by Crippen LogP contribution is 2.20. The van der Waals surface area contributed by atoms with E-state index in [1.54, 1.807) is 23.1 Å². The highest BCUT2D eigenvalue weighted by molar-refractivity contribution is 5.75. The van der Waals surface area contributed by atoms with E-state index in [4.69, 9.17) is 0 Å². The fraction of sp³-hybridized carbons (Fsp3) is 0.667. The third-order valence-corrected chi connectivity index (χ3v) is 2.31. The molecule has 96 valence electrons. The van der Waals surface area contributed by atoms with E-state index in [9.17, 15) is 9.90 Å². The first kappa shape index (κ1) is 13.7. The molecule has 0 saturated heterocycles. The van der Waals surface area contributed by atoms with Crippen LogP contribution in [0.1, 0.15) is 27.2 Å². The number of aromatic nitrogens is 2. The van der Waals surface area contributed by atoms with Crippen LogP contribution in [0.3, 0.4) is 0 Å². The van der Waals surface area contributed by atoms with Crippen molar-refractivity contribution in [1.29, 1.82) is 0 Å². The summed E-state index contributed by atoms with van der Waals surface area (Å²) >= 11 is 0. The van der Waals surface area contributed by atoms with E-state index in [1.807, 2.05) is 0 Å². The summed E-state index contributed by atoms with van der Waals surface area (Å²) in [5, 5.41) is 16.0. The number of carbonyl (C=O) groups is 1. The fourth-order valence-corrected chi connectivity index (χ4v) is 1.71. The van der Waals surface area contributed by atoms with Gasteiger partial charge in [0.25, 0.3) is 0 Å². The van der Waals surface area contributed by atoms with Gasteiger partial charge in [-0.15, -0.1) is 0 Å². The Labute approximate surface area is 102 Å². The van der Waals surface area contributed by atoms with E-state index in [0.29, 0.717) is 0 Å². The van der Waals surface area contributed by atoms with Gasteiger partial charge in [-0.1, -0.05) is 20.8 Å². The highest BCUT2D eigenvalue weighted by Gasteiger charge is 2.19. The zero-order valence-electron chi connectivity index (χ0n) is 10.7. The number of nitrogens with one attached hydrogen (secondary N) is 1. The molecule has 0 spiro atoms. The summed E-state index contributed by atoms with van der Waals surface area (Å²) in [6.45, 7) is 6.38.